The molecule has 8 nitrogen and oxygen atoms in total. The van der Waals surface area contributed by atoms with E-state index in [-0.39, 0.29) is 5.91 Å². The van der Waals surface area contributed by atoms with Crippen LogP contribution in [0.1, 0.15) is 40.2 Å². The van der Waals surface area contributed by atoms with E-state index in [0.717, 1.165) is 35.6 Å². The van der Waals surface area contributed by atoms with Crippen molar-refractivity contribution in [1.82, 2.24) is 15.7 Å². The monoisotopic (exact) mass is 400 g/mol. The van der Waals surface area contributed by atoms with Crippen molar-refractivity contribution in [2.75, 3.05) is 25.7 Å². The van der Waals surface area contributed by atoms with E-state index in [2.05, 4.69) is 21.2 Å². The molecule has 3 N–H and O–H groups in total. The van der Waals surface area contributed by atoms with Crippen molar-refractivity contribution in [3.05, 3.63) is 46.8 Å². The summed E-state index contributed by atoms with van der Waals surface area (Å²) in [4.78, 5) is 27.4. The lowest BCUT2D eigenvalue weighted by Crippen LogP contribution is -2.29. The molecule has 0 aliphatic rings. The van der Waals surface area contributed by atoms with Crippen molar-refractivity contribution in [2.24, 2.45) is 0 Å². The number of unbranched alkanes of at least 4 members (excludes halogenated alkanes) is 1. The third kappa shape index (κ3) is 6.38. The fourth-order valence-corrected chi connectivity index (χ4v) is 2.93. The van der Waals surface area contributed by atoms with E-state index < -0.39 is 0 Å². The molecule has 0 aliphatic carbocycles. The Hall–Kier alpha value is -3.29. The van der Waals surface area contributed by atoms with Gasteiger partial charge in [-0.1, -0.05) is 0 Å². The number of nitrogens with one attached hydrogen (secondary N) is 3. The van der Waals surface area contributed by atoms with Crippen LogP contribution in [0.3, 0.4) is 0 Å². The molecule has 2 amide bonds. The Balaban J connectivity index is 1.81. The number of aromatic nitrogens is 1. The Bertz CT molecular complexity index is 855. The number of hydrogen-bond donors (Lipinski definition) is 3. The lowest BCUT2D eigenvalue weighted by atomic mass is 10.1. The second kappa shape index (κ2) is 10.9. The zero-order valence-electron chi connectivity index (χ0n) is 17.3. The predicted molar refractivity (Wildman–Crippen MR) is 111 cm³/mol. The first-order valence-corrected chi connectivity index (χ1v) is 9.45. The smallest absolute Gasteiger partial charge is 0.255 e. The molecule has 29 heavy (non-hydrogen) atoms. The van der Waals surface area contributed by atoms with E-state index in [9.17, 15) is 9.59 Å². The predicted octanol–water partition coefficient (Wildman–Crippen LogP) is 2.68. The molecule has 156 valence electrons. The summed E-state index contributed by atoms with van der Waals surface area (Å²) in [6.07, 6.45) is 2.08. The van der Waals surface area contributed by atoms with Crippen LogP contribution < -0.4 is 25.6 Å². The highest BCUT2D eigenvalue weighted by Crippen LogP contribution is 2.23. The molecule has 0 radical (unpaired) electrons. The zero-order chi connectivity index (χ0) is 21.2. The normalized spacial score (nSPS) is 10.2. The van der Waals surface area contributed by atoms with Gasteiger partial charge in [0, 0.05) is 12.2 Å². The number of aryl methyl sites for hydroxylation is 3. The minimum atomic E-state index is -0.239. The number of hydrazine groups is 1. The molecule has 0 aliphatic heterocycles. The minimum Gasteiger partial charge on any atom is -0.497 e. The van der Waals surface area contributed by atoms with Crippen LogP contribution in [0.4, 0.5) is 5.69 Å². The molecule has 1 heterocycles. The molecular formula is C21H28N4O4. The van der Waals surface area contributed by atoms with Gasteiger partial charge >= 0.3 is 0 Å². The van der Waals surface area contributed by atoms with E-state index in [4.69, 9.17) is 9.47 Å². The standard InChI is InChI=1S/C21H28N4O4/c1-14-11-17(28-4)7-8-19(14)29-10-6-5-9-22-21(27)20-16(3)24-15(2)12-18(20)25-23-13-26/h7-8,11-13H,5-6,9-10H2,1-4H3,(H,22,27)(H,23,26)(H,24,25). The Labute approximate surface area is 171 Å². The Morgan fingerprint density at radius 2 is 1.97 bits per heavy atom. The molecule has 0 unspecified atom stereocenters. The van der Waals surface area contributed by atoms with Gasteiger partial charge in [-0.05, 0) is 63.4 Å². The topological polar surface area (TPSA) is 102 Å². The summed E-state index contributed by atoms with van der Waals surface area (Å²) < 4.78 is 11.0. The molecule has 0 fully saturated rings. The summed E-state index contributed by atoms with van der Waals surface area (Å²) >= 11 is 0. The van der Waals surface area contributed by atoms with Crippen LogP contribution in [-0.2, 0) is 4.79 Å². The number of carbonyl (C=O) groups excluding carboxylic acids is 2. The summed E-state index contributed by atoms with van der Waals surface area (Å²) in [6, 6.07) is 7.40. The van der Waals surface area contributed by atoms with Crippen LogP contribution in [0.15, 0.2) is 24.3 Å². The Kier molecular flexibility index (Phi) is 8.27. The van der Waals surface area contributed by atoms with Gasteiger partial charge in [0.25, 0.3) is 5.91 Å². The van der Waals surface area contributed by atoms with Crippen molar-refractivity contribution in [2.45, 2.75) is 33.6 Å². The maximum atomic E-state index is 12.6. The molecule has 0 saturated carbocycles. The first kappa shape index (κ1) is 22.0. The number of ether oxygens (including phenoxy) is 2. The van der Waals surface area contributed by atoms with Gasteiger partial charge < -0.3 is 14.8 Å². The highest BCUT2D eigenvalue weighted by atomic mass is 16.5. The first-order chi connectivity index (χ1) is 14.0. The van der Waals surface area contributed by atoms with Gasteiger partial charge in [-0.2, -0.15) is 0 Å². The number of nitrogens with zero attached hydrogens (tertiary/aromatic N) is 1. The van der Waals surface area contributed by atoms with E-state index in [1.807, 2.05) is 32.0 Å². The fourth-order valence-electron chi connectivity index (χ4n) is 2.93. The van der Waals surface area contributed by atoms with Crippen molar-refractivity contribution in [3.8, 4) is 11.5 Å². The van der Waals surface area contributed by atoms with Crippen molar-refractivity contribution < 1.29 is 19.1 Å². The van der Waals surface area contributed by atoms with Gasteiger partial charge in [0.2, 0.25) is 6.41 Å². The van der Waals surface area contributed by atoms with Gasteiger partial charge in [0.05, 0.1) is 30.7 Å². The number of hydrogen-bond acceptors (Lipinski definition) is 6. The molecule has 0 bridgehead atoms. The number of anilines is 1. The third-order valence-electron chi connectivity index (χ3n) is 4.32. The summed E-state index contributed by atoms with van der Waals surface area (Å²) in [7, 11) is 1.63. The second-order valence-electron chi connectivity index (χ2n) is 6.60. The number of amides is 2. The molecule has 8 heteroatoms. The van der Waals surface area contributed by atoms with Crippen LogP contribution in [0.25, 0.3) is 0 Å². The van der Waals surface area contributed by atoms with E-state index >= 15 is 0 Å². The fraction of sp³-hybridized carbons (Fsp3) is 0.381. The molecular weight excluding hydrogens is 372 g/mol. The number of rotatable bonds is 11. The molecule has 1 aromatic heterocycles. The van der Waals surface area contributed by atoms with Crippen molar-refractivity contribution in [3.63, 3.8) is 0 Å². The number of methoxy groups -OCH3 is 1. The lowest BCUT2D eigenvalue weighted by Gasteiger charge is -2.14. The largest absolute Gasteiger partial charge is 0.497 e. The third-order valence-corrected chi connectivity index (χ3v) is 4.32. The van der Waals surface area contributed by atoms with Crippen molar-refractivity contribution >= 4 is 18.0 Å². The van der Waals surface area contributed by atoms with Crippen LogP contribution in [-0.4, -0.2) is 37.6 Å². The van der Waals surface area contributed by atoms with Gasteiger partial charge in [0.15, 0.2) is 0 Å². The quantitative estimate of drug-likeness (QED) is 0.305. The van der Waals surface area contributed by atoms with Crippen LogP contribution in [0.2, 0.25) is 0 Å². The number of carbonyl (C=O) groups is 2. The second-order valence-corrected chi connectivity index (χ2v) is 6.60. The summed E-state index contributed by atoms with van der Waals surface area (Å²) in [5, 5.41) is 2.89. The maximum Gasteiger partial charge on any atom is 0.255 e. The molecule has 2 rings (SSSR count). The van der Waals surface area contributed by atoms with Crippen molar-refractivity contribution in [1.29, 1.82) is 0 Å². The molecule has 0 saturated heterocycles. The first-order valence-electron chi connectivity index (χ1n) is 9.45. The average Bonchev–Trinajstić information content (AvgIpc) is 2.69. The number of benzene rings is 1. The van der Waals surface area contributed by atoms with Gasteiger partial charge in [-0.15, -0.1) is 0 Å². The van der Waals surface area contributed by atoms with E-state index in [0.29, 0.717) is 36.5 Å². The van der Waals surface area contributed by atoms with Crippen LogP contribution in [0.5, 0.6) is 11.5 Å². The van der Waals surface area contributed by atoms with Crippen LogP contribution in [0, 0.1) is 20.8 Å². The van der Waals surface area contributed by atoms with Crippen LogP contribution >= 0.6 is 0 Å². The average molecular weight is 400 g/mol. The van der Waals surface area contributed by atoms with Gasteiger partial charge in [0.1, 0.15) is 11.5 Å². The van der Waals surface area contributed by atoms with Gasteiger partial charge in [-0.25, -0.2) is 0 Å². The lowest BCUT2D eigenvalue weighted by molar-refractivity contribution is -0.109. The highest BCUT2D eigenvalue weighted by Gasteiger charge is 2.16. The summed E-state index contributed by atoms with van der Waals surface area (Å²) in [5.41, 5.74) is 8.37. The Morgan fingerprint density at radius 1 is 1.17 bits per heavy atom. The number of pyridine rings is 1. The molecule has 2 aromatic rings. The maximum absolute atomic E-state index is 12.6. The Morgan fingerprint density at radius 3 is 2.66 bits per heavy atom. The highest BCUT2D eigenvalue weighted by molar-refractivity contribution is 6.00. The summed E-state index contributed by atoms with van der Waals surface area (Å²) in [6.45, 7) is 6.63. The summed E-state index contributed by atoms with van der Waals surface area (Å²) in [5.74, 6) is 1.39. The van der Waals surface area contributed by atoms with E-state index in [1.165, 1.54) is 0 Å². The zero-order valence-corrected chi connectivity index (χ0v) is 17.3. The van der Waals surface area contributed by atoms with E-state index in [1.54, 1.807) is 20.1 Å². The minimum absolute atomic E-state index is 0.239. The molecule has 0 atom stereocenters. The molecule has 1 aromatic carbocycles. The molecule has 0 spiro atoms. The SMILES string of the molecule is COc1ccc(OCCCCNC(=O)c2c(NNC=O)cc(C)nc2C)c(C)c1. The van der Waals surface area contributed by atoms with Gasteiger partial charge in [-0.3, -0.25) is 25.4 Å².